The molecule has 0 saturated carbocycles. The first-order valence-corrected chi connectivity index (χ1v) is 5.79. The Bertz CT molecular complexity index is 439. The molecule has 0 aliphatic rings. The first kappa shape index (κ1) is 12.0. The molecule has 0 saturated heterocycles. The summed E-state index contributed by atoms with van der Waals surface area (Å²) < 4.78 is 11.0. The van der Waals surface area contributed by atoms with Gasteiger partial charge in [-0.15, -0.1) is 0 Å². The summed E-state index contributed by atoms with van der Waals surface area (Å²) in [5.41, 5.74) is 5.69. The highest BCUT2D eigenvalue weighted by atomic mass is 35.5. The molecular weight excluding hydrogens is 238 g/mol. The van der Waals surface area contributed by atoms with Gasteiger partial charge < -0.3 is 14.9 Å². The molecule has 0 radical (unpaired) electrons. The Hall–Kier alpha value is -1.45. The fourth-order valence-corrected chi connectivity index (χ4v) is 1.64. The van der Waals surface area contributed by atoms with Crippen LogP contribution in [0.5, 0.6) is 5.75 Å². The predicted octanol–water partition coefficient (Wildman–Crippen LogP) is 3.05. The monoisotopic (exact) mass is 251 g/mol. The quantitative estimate of drug-likeness (QED) is 0.889. The fraction of sp³-hybridized carbons (Fsp3) is 0.231. The Morgan fingerprint density at radius 1 is 1.24 bits per heavy atom. The Kier molecular flexibility index (Phi) is 4.07. The van der Waals surface area contributed by atoms with Crippen molar-refractivity contribution in [1.29, 1.82) is 0 Å². The zero-order chi connectivity index (χ0) is 12.1. The van der Waals surface area contributed by atoms with Gasteiger partial charge in [0, 0.05) is 11.6 Å². The molecule has 90 valence electrons. The van der Waals surface area contributed by atoms with Crippen LogP contribution in [0.3, 0.4) is 0 Å². The number of nitrogens with two attached hydrogens (primary N) is 1. The number of rotatable bonds is 5. The number of hydrogen-bond acceptors (Lipinski definition) is 3. The number of furan rings is 1. The molecule has 2 rings (SSSR count). The Morgan fingerprint density at radius 2 is 2.00 bits per heavy atom. The molecule has 4 heteroatoms. The highest BCUT2D eigenvalue weighted by Crippen LogP contribution is 2.19. The van der Waals surface area contributed by atoms with Crippen molar-refractivity contribution in [2.75, 3.05) is 13.2 Å². The standard InChI is InChI=1S/C13H14ClNO2/c14-11-3-5-12(6-4-11)17-9-10(8-15)13-2-1-7-16-13/h1-7,10H,8-9,15H2. The van der Waals surface area contributed by atoms with Gasteiger partial charge in [0.05, 0.1) is 18.8 Å². The van der Waals surface area contributed by atoms with Crippen LogP contribution < -0.4 is 10.5 Å². The number of hydrogen-bond donors (Lipinski definition) is 1. The Morgan fingerprint density at radius 3 is 2.59 bits per heavy atom. The molecule has 0 amide bonds. The van der Waals surface area contributed by atoms with Crippen molar-refractivity contribution in [3.63, 3.8) is 0 Å². The summed E-state index contributed by atoms with van der Waals surface area (Å²) in [6, 6.07) is 11.0. The smallest absolute Gasteiger partial charge is 0.119 e. The molecule has 0 bridgehead atoms. The first-order chi connectivity index (χ1) is 8.29. The van der Waals surface area contributed by atoms with Crippen LogP contribution in [0.25, 0.3) is 0 Å². The molecular formula is C13H14ClNO2. The van der Waals surface area contributed by atoms with Crippen molar-refractivity contribution in [2.24, 2.45) is 5.73 Å². The van der Waals surface area contributed by atoms with E-state index in [4.69, 9.17) is 26.5 Å². The van der Waals surface area contributed by atoms with Crippen LogP contribution in [0.2, 0.25) is 5.02 Å². The summed E-state index contributed by atoms with van der Waals surface area (Å²) in [7, 11) is 0. The molecule has 0 aliphatic carbocycles. The van der Waals surface area contributed by atoms with Gasteiger partial charge in [-0.2, -0.15) is 0 Å². The lowest BCUT2D eigenvalue weighted by atomic mass is 10.1. The topological polar surface area (TPSA) is 48.4 Å². The minimum atomic E-state index is 0.0701. The lowest BCUT2D eigenvalue weighted by molar-refractivity contribution is 0.272. The normalized spacial score (nSPS) is 12.4. The zero-order valence-electron chi connectivity index (χ0n) is 9.30. The molecule has 0 fully saturated rings. The molecule has 1 atom stereocenters. The molecule has 3 nitrogen and oxygen atoms in total. The van der Waals surface area contributed by atoms with E-state index in [1.54, 1.807) is 18.4 Å². The molecule has 2 aromatic rings. The van der Waals surface area contributed by atoms with Crippen molar-refractivity contribution in [3.05, 3.63) is 53.4 Å². The van der Waals surface area contributed by atoms with E-state index >= 15 is 0 Å². The van der Waals surface area contributed by atoms with Gasteiger partial charge in [-0.25, -0.2) is 0 Å². The lowest BCUT2D eigenvalue weighted by Crippen LogP contribution is -2.19. The molecule has 1 aromatic heterocycles. The van der Waals surface area contributed by atoms with Gasteiger partial charge in [-0.05, 0) is 36.4 Å². The molecule has 0 spiro atoms. The van der Waals surface area contributed by atoms with Gasteiger partial charge in [0.25, 0.3) is 0 Å². The van der Waals surface area contributed by atoms with Gasteiger partial charge in [0.15, 0.2) is 0 Å². The predicted molar refractivity (Wildman–Crippen MR) is 67.5 cm³/mol. The minimum Gasteiger partial charge on any atom is -0.493 e. The van der Waals surface area contributed by atoms with Crippen LogP contribution in [0.1, 0.15) is 11.7 Å². The summed E-state index contributed by atoms with van der Waals surface area (Å²) in [6.45, 7) is 0.979. The van der Waals surface area contributed by atoms with Crippen LogP contribution >= 0.6 is 11.6 Å². The van der Waals surface area contributed by atoms with E-state index in [2.05, 4.69) is 0 Å². The zero-order valence-corrected chi connectivity index (χ0v) is 10.1. The first-order valence-electron chi connectivity index (χ1n) is 5.41. The van der Waals surface area contributed by atoms with Gasteiger partial charge in [-0.1, -0.05) is 11.6 Å². The Balaban J connectivity index is 1.94. The summed E-state index contributed by atoms with van der Waals surface area (Å²) in [5.74, 6) is 1.70. The second-order valence-corrected chi connectivity index (χ2v) is 4.15. The highest BCUT2D eigenvalue weighted by Gasteiger charge is 2.13. The number of benzene rings is 1. The average Bonchev–Trinajstić information content (AvgIpc) is 2.86. The van der Waals surface area contributed by atoms with Crippen LogP contribution in [0, 0.1) is 0 Å². The second-order valence-electron chi connectivity index (χ2n) is 3.71. The fourth-order valence-electron chi connectivity index (χ4n) is 1.52. The Labute approximate surface area is 105 Å². The minimum absolute atomic E-state index is 0.0701. The van der Waals surface area contributed by atoms with Gasteiger partial charge in [-0.3, -0.25) is 0 Å². The van der Waals surface area contributed by atoms with Gasteiger partial charge in [0.2, 0.25) is 0 Å². The lowest BCUT2D eigenvalue weighted by Gasteiger charge is -2.13. The van der Waals surface area contributed by atoms with Crippen molar-refractivity contribution < 1.29 is 9.15 Å². The van der Waals surface area contributed by atoms with Crippen LogP contribution in [-0.4, -0.2) is 13.2 Å². The SMILES string of the molecule is NCC(COc1ccc(Cl)cc1)c1ccco1. The van der Waals surface area contributed by atoms with Gasteiger partial charge in [0.1, 0.15) is 11.5 Å². The van der Waals surface area contributed by atoms with Crippen molar-refractivity contribution in [3.8, 4) is 5.75 Å². The summed E-state index contributed by atoms with van der Waals surface area (Å²) in [6.07, 6.45) is 1.64. The van der Waals surface area contributed by atoms with E-state index in [0.717, 1.165) is 11.5 Å². The van der Waals surface area contributed by atoms with Crippen molar-refractivity contribution in [1.82, 2.24) is 0 Å². The third-order valence-electron chi connectivity index (χ3n) is 2.49. The van der Waals surface area contributed by atoms with E-state index in [9.17, 15) is 0 Å². The summed E-state index contributed by atoms with van der Waals surface area (Å²) >= 11 is 5.79. The summed E-state index contributed by atoms with van der Waals surface area (Å²) in [4.78, 5) is 0. The van der Waals surface area contributed by atoms with Crippen LogP contribution in [0.4, 0.5) is 0 Å². The van der Waals surface area contributed by atoms with E-state index in [1.165, 1.54) is 0 Å². The molecule has 2 N–H and O–H groups in total. The molecule has 0 aliphatic heterocycles. The van der Waals surface area contributed by atoms with E-state index in [0.29, 0.717) is 18.2 Å². The van der Waals surface area contributed by atoms with Gasteiger partial charge >= 0.3 is 0 Å². The third-order valence-corrected chi connectivity index (χ3v) is 2.75. The molecule has 17 heavy (non-hydrogen) atoms. The van der Waals surface area contributed by atoms with E-state index < -0.39 is 0 Å². The maximum absolute atomic E-state index is 5.79. The highest BCUT2D eigenvalue weighted by molar-refractivity contribution is 6.30. The van der Waals surface area contributed by atoms with Crippen molar-refractivity contribution >= 4 is 11.6 Å². The van der Waals surface area contributed by atoms with E-state index in [-0.39, 0.29) is 5.92 Å². The van der Waals surface area contributed by atoms with Crippen LogP contribution in [-0.2, 0) is 0 Å². The third kappa shape index (κ3) is 3.25. The van der Waals surface area contributed by atoms with Crippen LogP contribution in [0.15, 0.2) is 47.1 Å². The number of halogens is 1. The molecule has 1 unspecified atom stereocenters. The maximum Gasteiger partial charge on any atom is 0.119 e. The molecule has 1 heterocycles. The largest absolute Gasteiger partial charge is 0.493 e. The maximum atomic E-state index is 5.79. The average molecular weight is 252 g/mol. The van der Waals surface area contributed by atoms with E-state index in [1.807, 2.05) is 24.3 Å². The van der Waals surface area contributed by atoms with Crippen molar-refractivity contribution in [2.45, 2.75) is 5.92 Å². The number of ether oxygens (including phenoxy) is 1. The molecule has 1 aromatic carbocycles. The second kappa shape index (κ2) is 5.75. The summed E-state index contributed by atoms with van der Waals surface area (Å²) in [5, 5.41) is 0.693.